The van der Waals surface area contributed by atoms with Crippen molar-refractivity contribution in [1.29, 1.82) is 0 Å². The highest BCUT2D eigenvalue weighted by molar-refractivity contribution is 4.80. The predicted molar refractivity (Wildman–Crippen MR) is 74.1 cm³/mol. The highest BCUT2D eigenvalue weighted by Crippen LogP contribution is 2.27. The molecule has 1 aliphatic carbocycles. The van der Waals surface area contributed by atoms with Crippen molar-refractivity contribution in [1.82, 2.24) is 5.32 Å². The maximum absolute atomic E-state index is 9.20. The van der Waals surface area contributed by atoms with Crippen LogP contribution in [0, 0.1) is 11.3 Å². The molecule has 0 spiro atoms. The molecule has 1 fully saturated rings. The summed E-state index contributed by atoms with van der Waals surface area (Å²) in [4.78, 5) is 0. The van der Waals surface area contributed by atoms with Crippen molar-refractivity contribution in [3.8, 4) is 0 Å². The van der Waals surface area contributed by atoms with E-state index in [9.17, 15) is 5.11 Å². The smallest absolute Gasteiger partial charge is 0.0482 e. The van der Waals surface area contributed by atoms with E-state index in [-0.39, 0.29) is 5.41 Å². The van der Waals surface area contributed by atoms with Gasteiger partial charge in [0.2, 0.25) is 0 Å². The topological polar surface area (TPSA) is 32.3 Å². The summed E-state index contributed by atoms with van der Waals surface area (Å²) < 4.78 is 0. The fourth-order valence-electron chi connectivity index (χ4n) is 2.90. The number of rotatable bonds is 7. The van der Waals surface area contributed by atoms with Gasteiger partial charge in [0.25, 0.3) is 0 Å². The van der Waals surface area contributed by atoms with Crippen molar-refractivity contribution in [2.24, 2.45) is 11.3 Å². The first-order chi connectivity index (χ1) is 8.09. The summed E-state index contributed by atoms with van der Waals surface area (Å²) in [6.07, 6.45) is 9.21. The predicted octanol–water partition coefficient (Wildman–Crippen LogP) is 3.34. The Hall–Kier alpha value is -0.0800. The van der Waals surface area contributed by atoms with Crippen LogP contribution in [0.15, 0.2) is 0 Å². The van der Waals surface area contributed by atoms with Crippen LogP contribution in [-0.4, -0.2) is 24.3 Å². The molecule has 102 valence electrons. The van der Waals surface area contributed by atoms with E-state index < -0.39 is 0 Å². The fraction of sp³-hybridized carbons (Fsp3) is 1.00. The van der Waals surface area contributed by atoms with Crippen molar-refractivity contribution in [2.75, 3.05) is 13.2 Å². The van der Waals surface area contributed by atoms with Gasteiger partial charge >= 0.3 is 0 Å². The summed E-state index contributed by atoms with van der Waals surface area (Å²) in [7, 11) is 0. The molecule has 2 heteroatoms. The highest BCUT2D eigenvalue weighted by atomic mass is 16.3. The van der Waals surface area contributed by atoms with E-state index in [1.165, 1.54) is 38.5 Å². The quantitative estimate of drug-likeness (QED) is 0.670. The van der Waals surface area contributed by atoms with Crippen LogP contribution in [0.2, 0.25) is 0 Å². The molecular formula is C15H31NO. The second-order valence-corrected chi connectivity index (χ2v) is 6.44. The van der Waals surface area contributed by atoms with Gasteiger partial charge in [-0.3, -0.25) is 0 Å². The first kappa shape index (κ1) is 15.0. The summed E-state index contributed by atoms with van der Waals surface area (Å²) in [5.74, 6) is 0.898. The van der Waals surface area contributed by atoms with Crippen LogP contribution in [0.4, 0.5) is 0 Å². The number of aliphatic hydroxyl groups excluding tert-OH is 1. The van der Waals surface area contributed by atoms with Crippen LogP contribution in [0.5, 0.6) is 0 Å². The van der Waals surface area contributed by atoms with Crippen molar-refractivity contribution in [2.45, 2.75) is 71.8 Å². The zero-order chi connectivity index (χ0) is 12.7. The van der Waals surface area contributed by atoms with E-state index in [4.69, 9.17) is 0 Å². The summed E-state index contributed by atoms with van der Waals surface area (Å²) in [5, 5.41) is 12.9. The lowest BCUT2D eigenvalue weighted by atomic mass is 9.82. The lowest BCUT2D eigenvalue weighted by Gasteiger charge is -2.32. The van der Waals surface area contributed by atoms with E-state index in [2.05, 4.69) is 26.1 Å². The second kappa shape index (κ2) is 7.38. The minimum atomic E-state index is 0.0956. The van der Waals surface area contributed by atoms with Crippen LogP contribution in [0.25, 0.3) is 0 Å². The minimum absolute atomic E-state index is 0.0956. The van der Waals surface area contributed by atoms with Crippen molar-refractivity contribution in [3.63, 3.8) is 0 Å². The minimum Gasteiger partial charge on any atom is -0.396 e. The van der Waals surface area contributed by atoms with Gasteiger partial charge in [0.1, 0.15) is 0 Å². The third-order valence-corrected chi connectivity index (χ3v) is 4.30. The zero-order valence-corrected chi connectivity index (χ0v) is 12.0. The van der Waals surface area contributed by atoms with Crippen LogP contribution in [-0.2, 0) is 0 Å². The second-order valence-electron chi connectivity index (χ2n) is 6.44. The Labute approximate surface area is 107 Å². The normalized spacial score (nSPS) is 26.1. The van der Waals surface area contributed by atoms with Gasteiger partial charge in [-0.25, -0.2) is 0 Å². The summed E-state index contributed by atoms with van der Waals surface area (Å²) in [5.41, 5.74) is 0.0956. The summed E-state index contributed by atoms with van der Waals surface area (Å²) in [6, 6.07) is 0.756. The van der Waals surface area contributed by atoms with E-state index in [0.29, 0.717) is 6.61 Å². The Morgan fingerprint density at radius 2 is 1.94 bits per heavy atom. The molecule has 0 heterocycles. The Morgan fingerprint density at radius 3 is 2.59 bits per heavy atom. The van der Waals surface area contributed by atoms with Crippen molar-refractivity contribution in [3.05, 3.63) is 0 Å². The first-order valence-corrected chi connectivity index (χ1v) is 7.43. The third-order valence-electron chi connectivity index (χ3n) is 4.30. The van der Waals surface area contributed by atoms with Crippen molar-refractivity contribution >= 4 is 0 Å². The largest absolute Gasteiger partial charge is 0.396 e. The molecule has 0 aromatic rings. The lowest BCUT2D eigenvalue weighted by Crippen LogP contribution is -2.39. The summed E-state index contributed by atoms with van der Waals surface area (Å²) >= 11 is 0. The van der Waals surface area contributed by atoms with Crippen LogP contribution < -0.4 is 5.32 Å². The fourth-order valence-corrected chi connectivity index (χ4v) is 2.90. The van der Waals surface area contributed by atoms with Gasteiger partial charge in [-0.2, -0.15) is 0 Å². The molecule has 0 saturated heterocycles. The van der Waals surface area contributed by atoms with E-state index >= 15 is 0 Å². The van der Waals surface area contributed by atoms with E-state index in [1.807, 2.05) is 0 Å². The average Bonchev–Trinajstić information content (AvgIpc) is 2.35. The number of nitrogens with one attached hydrogen (secondary N) is 1. The van der Waals surface area contributed by atoms with Gasteiger partial charge in [-0.05, 0) is 43.6 Å². The molecule has 0 amide bonds. The monoisotopic (exact) mass is 241 g/mol. The number of hydrogen-bond acceptors (Lipinski definition) is 2. The van der Waals surface area contributed by atoms with Gasteiger partial charge in [0.15, 0.2) is 0 Å². The van der Waals surface area contributed by atoms with E-state index in [0.717, 1.165) is 24.9 Å². The molecule has 0 aromatic heterocycles. The molecule has 0 radical (unpaired) electrons. The molecule has 0 aliphatic heterocycles. The molecule has 2 atom stereocenters. The molecule has 17 heavy (non-hydrogen) atoms. The molecule has 1 rings (SSSR count). The maximum Gasteiger partial charge on any atom is 0.0482 e. The maximum atomic E-state index is 9.20. The Bertz CT molecular complexity index is 203. The van der Waals surface area contributed by atoms with Gasteiger partial charge in [-0.15, -0.1) is 0 Å². The van der Waals surface area contributed by atoms with Gasteiger partial charge in [0.05, 0.1) is 0 Å². The molecule has 2 unspecified atom stereocenters. The Kier molecular flexibility index (Phi) is 6.50. The molecular weight excluding hydrogens is 210 g/mol. The first-order valence-electron chi connectivity index (χ1n) is 7.43. The van der Waals surface area contributed by atoms with E-state index in [1.54, 1.807) is 0 Å². The van der Waals surface area contributed by atoms with Crippen LogP contribution in [0.3, 0.4) is 0 Å². The van der Waals surface area contributed by atoms with Crippen molar-refractivity contribution < 1.29 is 5.11 Å². The zero-order valence-electron chi connectivity index (χ0n) is 12.0. The Morgan fingerprint density at radius 1 is 1.24 bits per heavy atom. The number of aliphatic hydroxyl groups is 1. The molecule has 2 nitrogen and oxygen atoms in total. The lowest BCUT2D eigenvalue weighted by molar-refractivity contribution is 0.146. The van der Waals surface area contributed by atoms with Crippen LogP contribution in [0.1, 0.15) is 65.7 Å². The molecule has 1 saturated carbocycles. The molecule has 0 aromatic carbocycles. The van der Waals surface area contributed by atoms with Gasteiger partial charge in [-0.1, -0.05) is 40.0 Å². The molecule has 2 N–H and O–H groups in total. The SMILES string of the molecule is CCC1CCCCC1NCCCC(C)(C)CO. The van der Waals surface area contributed by atoms with Gasteiger partial charge < -0.3 is 10.4 Å². The third kappa shape index (κ3) is 5.39. The van der Waals surface area contributed by atoms with Crippen LogP contribution >= 0.6 is 0 Å². The number of hydrogen-bond donors (Lipinski definition) is 2. The molecule has 0 bridgehead atoms. The highest BCUT2D eigenvalue weighted by Gasteiger charge is 2.23. The van der Waals surface area contributed by atoms with Gasteiger partial charge in [0, 0.05) is 12.6 Å². The average molecular weight is 241 g/mol. The standard InChI is InChI=1S/C15H31NO/c1-4-13-8-5-6-9-14(13)16-11-7-10-15(2,3)12-17/h13-14,16-17H,4-12H2,1-3H3. The summed E-state index contributed by atoms with van der Waals surface area (Å²) in [6.45, 7) is 8.02. The molecule has 1 aliphatic rings. The Balaban J connectivity index is 2.16.